The van der Waals surface area contributed by atoms with Crippen molar-refractivity contribution >= 4 is 22.4 Å². The van der Waals surface area contributed by atoms with Crippen molar-refractivity contribution in [1.82, 2.24) is 9.97 Å². The van der Waals surface area contributed by atoms with Crippen molar-refractivity contribution in [3.05, 3.63) is 65.7 Å². The molecule has 0 bridgehead atoms. The Labute approximate surface area is 119 Å². The number of aliphatic hydroxyl groups excluding tert-OH is 1. The smallest absolute Gasteiger partial charge is 0.153 e. The van der Waals surface area contributed by atoms with Crippen LogP contribution in [0.5, 0.6) is 0 Å². The molecule has 0 fully saturated rings. The number of aliphatic hydroxyl groups is 1. The number of nitriles is 1. The van der Waals surface area contributed by atoms with Crippen LogP contribution in [0.15, 0.2) is 48.5 Å². The number of rotatable bonds is 2. The fourth-order valence-electron chi connectivity index (χ4n) is 2.04. The van der Waals surface area contributed by atoms with E-state index in [-0.39, 0.29) is 17.2 Å². The molecule has 0 atom stereocenters. The zero-order valence-electron chi connectivity index (χ0n) is 10.8. The maximum absolute atomic E-state index is 12.9. The van der Waals surface area contributed by atoms with Gasteiger partial charge in [-0.25, -0.2) is 9.37 Å². The van der Waals surface area contributed by atoms with E-state index in [9.17, 15) is 14.8 Å². The molecule has 0 aliphatic carbocycles. The van der Waals surface area contributed by atoms with Crippen LogP contribution in [-0.2, 0) is 0 Å². The van der Waals surface area contributed by atoms with Gasteiger partial charge in [0.15, 0.2) is 5.82 Å². The number of nitrogens with one attached hydrogen (secondary N) is 1. The first-order valence-corrected chi connectivity index (χ1v) is 6.23. The first-order valence-electron chi connectivity index (χ1n) is 6.23. The van der Waals surface area contributed by atoms with Crippen LogP contribution in [0.25, 0.3) is 22.4 Å². The van der Waals surface area contributed by atoms with Gasteiger partial charge in [-0.3, -0.25) is 0 Å². The van der Waals surface area contributed by atoms with Crippen molar-refractivity contribution in [1.29, 1.82) is 5.26 Å². The summed E-state index contributed by atoms with van der Waals surface area (Å²) in [6.07, 6.45) is 0. The van der Waals surface area contributed by atoms with Crippen LogP contribution in [-0.4, -0.2) is 15.1 Å². The van der Waals surface area contributed by atoms with Gasteiger partial charge < -0.3 is 10.1 Å². The lowest BCUT2D eigenvalue weighted by molar-refractivity contribution is 0.513. The molecule has 102 valence electrons. The second-order valence-electron chi connectivity index (χ2n) is 4.44. The molecule has 0 radical (unpaired) electrons. The van der Waals surface area contributed by atoms with Gasteiger partial charge in [0.05, 0.1) is 11.0 Å². The zero-order chi connectivity index (χ0) is 14.8. The summed E-state index contributed by atoms with van der Waals surface area (Å²) in [7, 11) is 0. The van der Waals surface area contributed by atoms with Crippen molar-refractivity contribution in [3.8, 4) is 6.07 Å². The molecule has 2 aromatic carbocycles. The number of aromatic amines is 1. The Morgan fingerprint density at radius 1 is 1.14 bits per heavy atom. The lowest BCUT2D eigenvalue weighted by Crippen LogP contribution is -1.92. The van der Waals surface area contributed by atoms with Crippen molar-refractivity contribution in [2.75, 3.05) is 0 Å². The minimum atomic E-state index is -0.409. The minimum Gasteiger partial charge on any atom is -0.506 e. The lowest BCUT2D eigenvalue weighted by Gasteiger charge is -2.02. The third-order valence-corrected chi connectivity index (χ3v) is 3.09. The van der Waals surface area contributed by atoms with Gasteiger partial charge in [-0.15, -0.1) is 0 Å². The number of fused-ring (bicyclic) bond motifs is 1. The van der Waals surface area contributed by atoms with Gasteiger partial charge in [0.1, 0.15) is 23.2 Å². The second-order valence-corrected chi connectivity index (χ2v) is 4.44. The van der Waals surface area contributed by atoms with Crippen LogP contribution in [0.2, 0.25) is 0 Å². The number of H-pyrrole nitrogens is 1. The minimum absolute atomic E-state index is 0.0119. The summed E-state index contributed by atoms with van der Waals surface area (Å²) >= 11 is 0. The van der Waals surface area contributed by atoms with Crippen molar-refractivity contribution in [3.63, 3.8) is 0 Å². The number of aromatic nitrogens is 2. The van der Waals surface area contributed by atoms with Crippen LogP contribution in [0.1, 0.15) is 11.4 Å². The third-order valence-electron chi connectivity index (χ3n) is 3.09. The number of allylic oxidation sites excluding steroid dienone is 1. The van der Waals surface area contributed by atoms with Gasteiger partial charge in [0, 0.05) is 5.56 Å². The average Bonchev–Trinajstić information content (AvgIpc) is 2.92. The normalized spacial score (nSPS) is 12.0. The summed E-state index contributed by atoms with van der Waals surface area (Å²) < 4.78 is 12.9. The summed E-state index contributed by atoms with van der Waals surface area (Å²) in [6, 6.07) is 14.5. The first-order chi connectivity index (χ1) is 10.2. The van der Waals surface area contributed by atoms with Gasteiger partial charge in [0.2, 0.25) is 0 Å². The third kappa shape index (κ3) is 2.35. The topological polar surface area (TPSA) is 72.7 Å². The van der Waals surface area contributed by atoms with Crippen LogP contribution >= 0.6 is 0 Å². The van der Waals surface area contributed by atoms with Crippen LogP contribution in [0, 0.1) is 17.1 Å². The van der Waals surface area contributed by atoms with E-state index >= 15 is 0 Å². The predicted molar refractivity (Wildman–Crippen MR) is 77.5 cm³/mol. The second kappa shape index (κ2) is 5.10. The summed E-state index contributed by atoms with van der Waals surface area (Å²) in [5.74, 6) is -0.370. The van der Waals surface area contributed by atoms with Gasteiger partial charge in [0.25, 0.3) is 0 Å². The monoisotopic (exact) mass is 279 g/mol. The molecule has 0 aliphatic rings. The van der Waals surface area contributed by atoms with Crippen molar-refractivity contribution in [2.24, 2.45) is 0 Å². The molecule has 0 saturated heterocycles. The molecule has 4 nitrogen and oxygen atoms in total. The zero-order valence-corrected chi connectivity index (χ0v) is 10.8. The molecule has 1 heterocycles. The highest BCUT2D eigenvalue weighted by Crippen LogP contribution is 2.24. The van der Waals surface area contributed by atoms with E-state index in [1.165, 1.54) is 24.3 Å². The number of hydrogen-bond acceptors (Lipinski definition) is 3. The van der Waals surface area contributed by atoms with Crippen molar-refractivity contribution in [2.45, 2.75) is 0 Å². The standard InChI is InChI=1S/C16H10FN3O/c17-11-7-5-10(6-8-11)15(21)12(9-18)16-19-13-3-1-2-4-14(13)20-16/h1-8,21H,(H,19,20)/b15-12-. The molecule has 0 unspecified atom stereocenters. The molecule has 1 aromatic heterocycles. The molecular weight excluding hydrogens is 269 g/mol. The van der Waals surface area contributed by atoms with Gasteiger partial charge >= 0.3 is 0 Å². The van der Waals surface area contributed by atoms with E-state index in [0.29, 0.717) is 11.1 Å². The van der Waals surface area contributed by atoms with Crippen molar-refractivity contribution < 1.29 is 9.50 Å². The predicted octanol–water partition coefficient (Wildman–Crippen LogP) is 3.65. The Bertz CT molecular complexity index is 839. The molecule has 3 aromatic rings. The first kappa shape index (κ1) is 12.9. The maximum atomic E-state index is 12.9. The quantitative estimate of drug-likeness (QED) is 0.555. The number of nitrogens with zero attached hydrogens (tertiary/aromatic N) is 2. The average molecular weight is 279 g/mol. The Kier molecular flexibility index (Phi) is 3.13. The number of hydrogen-bond donors (Lipinski definition) is 2. The van der Waals surface area contributed by atoms with Crippen LogP contribution < -0.4 is 0 Å². The van der Waals surface area contributed by atoms with Crippen LogP contribution in [0.4, 0.5) is 4.39 Å². The molecule has 0 spiro atoms. The fourth-order valence-corrected chi connectivity index (χ4v) is 2.04. The highest BCUT2D eigenvalue weighted by molar-refractivity contribution is 5.94. The van der Waals surface area contributed by atoms with Crippen LogP contribution in [0.3, 0.4) is 0 Å². The Balaban J connectivity index is 2.14. The van der Waals surface area contributed by atoms with E-state index in [1.54, 1.807) is 6.07 Å². The molecule has 21 heavy (non-hydrogen) atoms. The molecule has 0 aliphatic heterocycles. The van der Waals surface area contributed by atoms with E-state index in [0.717, 1.165) is 5.52 Å². The maximum Gasteiger partial charge on any atom is 0.153 e. The Hall–Kier alpha value is -3.13. The molecule has 0 saturated carbocycles. The highest BCUT2D eigenvalue weighted by Gasteiger charge is 2.14. The van der Waals surface area contributed by atoms with E-state index in [1.807, 2.05) is 24.3 Å². The SMILES string of the molecule is N#C/C(=C(/O)c1ccc(F)cc1)c1nc2ccccc2[nH]1. The van der Waals surface area contributed by atoms with Gasteiger partial charge in [-0.1, -0.05) is 12.1 Å². The number of halogens is 1. The van der Waals surface area contributed by atoms with E-state index in [2.05, 4.69) is 9.97 Å². The van der Waals surface area contributed by atoms with Gasteiger partial charge in [-0.05, 0) is 36.4 Å². The van der Waals surface area contributed by atoms with E-state index < -0.39 is 5.82 Å². The van der Waals surface area contributed by atoms with Gasteiger partial charge in [-0.2, -0.15) is 5.26 Å². The molecule has 0 amide bonds. The number of imidazole rings is 1. The number of benzene rings is 2. The fraction of sp³-hybridized carbons (Fsp3) is 0. The summed E-state index contributed by atoms with van der Waals surface area (Å²) in [5, 5.41) is 19.5. The molecule has 5 heteroatoms. The Morgan fingerprint density at radius 3 is 2.52 bits per heavy atom. The molecular formula is C16H10FN3O. The molecule has 3 rings (SSSR count). The summed E-state index contributed by atoms with van der Waals surface area (Å²) in [4.78, 5) is 7.26. The highest BCUT2D eigenvalue weighted by atomic mass is 19.1. The summed E-state index contributed by atoms with van der Waals surface area (Å²) in [5.41, 5.74) is 1.84. The molecule has 2 N–H and O–H groups in total. The number of para-hydroxylation sites is 2. The largest absolute Gasteiger partial charge is 0.506 e. The summed E-state index contributed by atoms with van der Waals surface area (Å²) in [6.45, 7) is 0. The van der Waals surface area contributed by atoms with E-state index in [4.69, 9.17) is 0 Å². The Morgan fingerprint density at radius 2 is 1.86 bits per heavy atom. The lowest BCUT2D eigenvalue weighted by atomic mass is 10.1.